The van der Waals surface area contributed by atoms with Gasteiger partial charge in [-0.1, -0.05) is 22.8 Å². The molecule has 0 aromatic heterocycles. The average Bonchev–Trinajstić information content (AvgIpc) is 2.61. The van der Waals surface area contributed by atoms with Gasteiger partial charge >= 0.3 is 5.97 Å². The fourth-order valence-corrected chi connectivity index (χ4v) is 2.32. The molecule has 2 aromatic carbocycles. The maximum Gasteiger partial charge on any atom is 0.365 e. The third kappa shape index (κ3) is 3.21. The third-order valence-electron chi connectivity index (χ3n) is 3.46. The lowest BCUT2D eigenvalue weighted by Crippen LogP contribution is -2.18. The zero-order valence-electron chi connectivity index (χ0n) is 12.7. The molecule has 0 aliphatic heterocycles. The average molecular weight is 342 g/mol. The molecule has 0 fully saturated rings. The maximum absolute atomic E-state index is 12.4. The van der Waals surface area contributed by atoms with Crippen molar-refractivity contribution in [3.63, 3.8) is 0 Å². The molecule has 2 aromatic rings. The van der Waals surface area contributed by atoms with Crippen LogP contribution in [0, 0.1) is 0 Å². The molecule has 0 N–H and O–H groups in total. The van der Waals surface area contributed by atoms with Crippen LogP contribution in [0.15, 0.2) is 53.7 Å². The molecule has 0 bridgehead atoms. The summed E-state index contributed by atoms with van der Waals surface area (Å²) in [5.74, 6) is -0.333. The van der Waals surface area contributed by atoms with Crippen LogP contribution in [0.1, 0.15) is 26.3 Å². The van der Waals surface area contributed by atoms with E-state index < -0.39 is 5.97 Å². The van der Waals surface area contributed by atoms with Crippen LogP contribution in [-0.2, 0) is 4.84 Å². The number of fused-ring (bicyclic) bond motifs is 1. The molecule has 0 unspecified atom stereocenters. The monoisotopic (exact) mass is 341 g/mol. The van der Waals surface area contributed by atoms with Crippen molar-refractivity contribution in [1.82, 2.24) is 0 Å². The topological polar surface area (TPSA) is 65.0 Å². The largest absolute Gasteiger partial charge is 0.497 e. The van der Waals surface area contributed by atoms with E-state index in [1.165, 1.54) is 18.2 Å². The van der Waals surface area contributed by atoms with E-state index in [2.05, 4.69) is 5.16 Å². The van der Waals surface area contributed by atoms with E-state index in [-0.39, 0.29) is 11.5 Å². The van der Waals surface area contributed by atoms with Crippen molar-refractivity contribution in [3.05, 3.63) is 70.3 Å². The smallest absolute Gasteiger partial charge is 0.365 e. The second-order valence-electron chi connectivity index (χ2n) is 4.98. The second kappa shape index (κ2) is 6.68. The van der Waals surface area contributed by atoms with Crippen molar-refractivity contribution in [2.24, 2.45) is 5.16 Å². The van der Waals surface area contributed by atoms with Crippen LogP contribution in [0.25, 0.3) is 6.08 Å². The molecular formula is C18H12ClNO4. The fraction of sp³-hybridized carbons (Fsp3) is 0.0556. The van der Waals surface area contributed by atoms with Gasteiger partial charge in [-0.25, -0.2) is 4.79 Å². The van der Waals surface area contributed by atoms with E-state index in [4.69, 9.17) is 21.2 Å². The van der Waals surface area contributed by atoms with Crippen LogP contribution in [0.3, 0.4) is 0 Å². The summed E-state index contributed by atoms with van der Waals surface area (Å²) in [4.78, 5) is 29.1. The Hall–Kier alpha value is -2.92. The molecule has 1 aliphatic rings. The molecule has 24 heavy (non-hydrogen) atoms. The van der Waals surface area contributed by atoms with E-state index in [1.807, 2.05) is 0 Å². The number of hydrogen-bond acceptors (Lipinski definition) is 5. The van der Waals surface area contributed by atoms with Gasteiger partial charge in [0.2, 0.25) is 5.78 Å². The first-order chi connectivity index (χ1) is 11.6. The van der Waals surface area contributed by atoms with E-state index in [9.17, 15) is 9.59 Å². The molecule has 3 rings (SSSR count). The summed E-state index contributed by atoms with van der Waals surface area (Å²) >= 11 is 5.76. The Bertz CT molecular complexity index is 869. The molecule has 0 amide bonds. The van der Waals surface area contributed by atoms with Gasteiger partial charge in [0.1, 0.15) is 5.75 Å². The van der Waals surface area contributed by atoms with Gasteiger partial charge in [-0.15, -0.1) is 0 Å². The first-order valence-electron chi connectivity index (χ1n) is 7.04. The Labute approximate surface area is 143 Å². The number of halogens is 1. The van der Waals surface area contributed by atoms with Gasteiger partial charge in [0.25, 0.3) is 0 Å². The summed E-state index contributed by atoms with van der Waals surface area (Å²) in [7, 11) is 1.55. The SMILES string of the molecule is COc1ccc2c(c1)C=C/C(=N\OC(=O)c1ccc(Cl)cc1)C2=O. The van der Waals surface area contributed by atoms with Crippen molar-refractivity contribution in [2.45, 2.75) is 0 Å². The van der Waals surface area contributed by atoms with Gasteiger partial charge in [-0.3, -0.25) is 4.79 Å². The quantitative estimate of drug-likeness (QED) is 0.629. The highest BCUT2D eigenvalue weighted by Gasteiger charge is 2.21. The van der Waals surface area contributed by atoms with E-state index in [0.717, 1.165) is 5.56 Å². The number of carbonyl (C=O) groups is 2. The number of ketones is 1. The molecule has 1 aliphatic carbocycles. The van der Waals surface area contributed by atoms with Gasteiger partial charge in [0, 0.05) is 10.6 Å². The lowest BCUT2D eigenvalue weighted by Gasteiger charge is -2.11. The van der Waals surface area contributed by atoms with E-state index in [1.54, 1.807) is 43.5 Å². The number of oxime groups is 1. The number of carbonyl (C=O) groups excluding carboxylic acids is 2. The van der Waals surface area contributed by atoms with Crippen LogP contribution in [0.4, 0.5) is 0 Å². The molecule has 5 nitrogen and oxygen atoms in total. The van der Waals surface area contributed by atoms with Crippen LogP contribution in [0.2, 0.25) is 5.02 Å². The number of hydrogen-bond donors (Lipinski definition) is 0. The van der Waals surface area contributed by atoms with Crippen molar-refractivity contribution < 1.29 is 19.2 Å². The van der Waals surface area contributed by atoms with Crippen molar-refractivity contribution in [2.75, 3.05) is 7.11 Å². The number of Topliss-reactive ketones (excluding diaryl/α,β-unsaturated/α-hetero) is 1. The lowest BCUT2D eigenvalue weighted by molar-refractivity contribution is 0.0516. The molecule has 0 atom stereocenters. The normalized spacial score (nSPS) is 14.4. The number of nitrogens with zero attached hydrogens (tertiary/aromatic N) is 1. The summed E-state index contributed by atoms with van der Waals surface area (Å²) in [5, 5.41) is 4.18. The molecule has 0 spiro atoms. The van der Waals surface area contributed by atoms with Gasteiger partial charge < -0.3 is 9.57 Å². The predicted octanol–water partition coefficient (Wildman–Crippen LogP) is 3.77. The maximum atomic E-state index is 12.4. The minimum atomic E-state index is -0.666. The molecule has 0 saturated heterocycles. The Balaban J connectivity index is 1.78. The van der Waals surface area contributed by atoms with Gasteiger partial charge in [0.05, 0.1) is 12.7 Å². The highest BCUT2D eigenvalue weighted by atomic mass is 35.5. The molecule has 0 radical (unpaired) electrons. The number of rotatable bonds is 3. The lowest BCUT2D eigenvalue weighted by atomic mass is 9.95. The molecule has 6 heteroatoms. The highest BCUT2D eigenvalue weighted by Crippen LogP contribution is 2.23. The fourth-order valence-electron chi connectivity index (χ4n) is 2.20. The minimum absolute atomic E-state index is 0.0509. The summed E-state index contributed by atoms with van der Waals surface area (Å²) in [5.41, 5.74) is 1.54. The predicted molar refractivity (Wildman–Crippen MR) is 90.7 cm³/mol. The van der Waals surface area contributed by atoms with Gasteiger partial charge in [-0.05, 0) is 54.1 Å². The first-order valence-corrected chi connectivity index (χ1v) is 7.42. The Morgan fingerprint density at radius 1 is 1.08 bits per heavy atom. The van der Waals surface area contributed by atoms with Crippen LogP contribution in [-0.4, -0.2) is 24.6 Å². The van der Waals surface area contributed by atoms with Crippen molar-refractivity contribution >= 4 is 35.1 Å². The number of benzene rings is 2. The minimum Gasteiger partial charge on any atom is -0.497 e. The summed E-state index contributed by atoms with van der Waals surface area (Å²) in [6, 6.07) is 11.3. The molecular weight excluding hydrogens is 330 g/mol. The summed E-state index contributed by atoms with van der Waals surface area (Å²) < 4.78 is 5.12. The number of ether oxygens (including phenoxy) is 1. The number of allylic oxidation sites excluding steroid dienone is 1. The van der Waals surface area contributed by atoms with E-state index >= 15 is 0 Å². The van der Waals surface area contributed by atoms with Crippen LogP contribution in [0.5, 0.6) is 5.75 Å². The van der Waals surface area contributed by atoms with Crippen molar-refractivity contribution in [3.8, 4) is 5.75 Å². The van der Waals surface area contributed by atoms with Crippen molar-refractivity contribution in [1.29, 1.82) is 0 Å². The third-order valence-corrected chi connectivity index (χ3v) is 3.72. The molecule has 0 saturated carbocycles. The van der Waals surface area contributed by atoms with E-state index in [0.29, 0.717) is 21.9 Å². The first kappa shape index (κ1) is 16.0. The summed E-state index contributed by atoms with van der Waals surface area (Å²) in [6.07, 6.45) is 3.22. The van der Waals surface area contributed by atoms with Gasteiger partial charge in [0.15, 0.2) is 5.71 Å². The second-order valence-corrected chi connectivity index (χ2v) is 5.41. The van der Waals surface area contributed by atoms with Crippen LogP contribution >= 0.6 is 11.6 Å². The zero-order valence-corrected chi connectivity index (χ0v) is 13.4. The zero-order chi connectivity index (χ0) is 17.1. The Morgan fingerprint density at radius 2 is 1.83 bits per heavy atom. The molecule has 0 heterocycles. The Morgan fingerprint density at radius 3 is 2.54 bits per heavy atom. The standard InChI is InChI=1S/C18H12ClNO4/c1-23-14-7-8-15-12(10-14)4-9-16(17(15)21)20-24-18(22)11-2-5-13(19)6-3-11/h2-10H,1H3/b20-16+. The highest BCUT2D eigenvalue weighted by molar-refractivity contribution is 6.52. The summed E-state index contributed by atoms with van der Waals surface area (Å²) in [6.45, 7) is 0. The van der Waals surface area contributed by atoms with Gasteiger partial charge in [-0.2, -0.15) is 0 Å². The number of methoxy groups -OCH3 is 1. The van der Waals surface area contributed by atoms with Crippen LogP contribution < -0.4 is 4.74 Å². The Kier molecular flexibility index (Phi) is 4.44. The molecule has 120 valence electrons.